The van der Waals surface area contributed by atoms with E-state index >= 15 is 0 Å². The molecule has 3 rings (SSSR count). The highest BCUT2D eigenvalue weighted by Crippen LogP contribution is 2.22. The Hall–Kier alpha value is -3.00. The summed E-state index contributed by atoms with van der Waals surface area (Å²) < 4.78 is 7.20. The standard InChI is InChI=1S/C20H23N5O2S/c1-13(2)15-7-9-17(10-8-15)27-11-18-23-24-20(25(18)22)28-12-14-3-5-16(6-4-14)19(21)26/h3-10,13H,11-12,22H2,1-2H3,(H2,21,26). The smallest absolute Gasteiger partial charge is 0.248 e. The highest BCUT2D eigenvalue weighted by atomic mass is 32.2. The number of primary amides is 1. The van der Waals surface area contributed by atoms with E-state index in [0.717, 1.165) is 11.3 Å². The van der Waals surface area contributed by atoms with Crippen LogP contribution in [0.25, 0.3) is 0 Å². The van der Waals surface area contributed by atoms with Crippen molar-refractivity contribution in [1.29, 1.82) is 0 Å². The topological polar surface area (TPSA) is 109 Å². The van der Waals surface area contributed by atoms with E-state index in [0.29, 0.717) is 28.2 Å². The first kappa shape index (κ1) is 19.8. The van der Waals surface area contributed by atoms with Crippen molar-refractivity contribution >= 4 is 17.7 Å². The summed E-state index contributed by atoms with van der Waals surface area (Å²) in [7, 11) is 0. The second-order valence-corrected chi connectivity index (χ2v) is 7.57. The van der Waals surface area contributed by atoms with Crippen molar-refractivity contribution in [2.75, 3.05) is 5.84 Å². The molecule has 4 N–H and O–H groups in total. The Kier molecular flexibility index (Phi) is 6.20. The second kappa shape index (κ2) is 8.79. The molecule has 1 heterocycles. The summed E-state index contributed by atoms with van der Waals surface area (Å²) in [6.45, 7) is 4.54. The normalized spacial score (nSPS) is 11.0. The van der Waals surface area contributed by atoms with Crippen molar-refractivity contribution in [3.05, 3.63) is 71.0 Å². The quantitative estimate of drug-likeness (QED) is 0.447. The van der Waals surface area contributed by atoms with Gasteiger partial charge in [0, 0.05) is 11.3 Å². The third kappa shape index (κ3) is 4.83. The van der Waals surface area contributed by atoms with Crippen LogP contribution >= 0.6 is 11.8 Å². The van der Waals surface area contributed by atoms with Gasteiger partial charge in [-0.1, -0.05) is 49.9 Å². The molecule has 0 bridgehead atoms. The van der Waals surface area contributed by atoms with Crippen molar-refractivity contribution in [2.45, 2.75) is 37.3 Å². The summed E-state index contributed by atoms with van der Waals surface area (Å²) in [5.74, 6) is 8.07. The van der Waals surface area contributed by atoms with Gasteiger partial charge in [-0.15, -0.1) is 10.2 Å². The van der Waals surface area contributed by atoms with Gasteiger partial charge in [0.1, 0.15) is 12.4 Å². The van der Waals surface area contributed by atoms with Crippen molar-refractivity contribution < 1.29 is 9.53 Å². The Morgan fingerprint density at radius 3 is 2.39 bits per heavy atom. The fourth-order valence-electron chi connectivity index (χ4n) is 2.51. The Morgan fingerprint density at radius 2 is 1.79 bits per heavy atom. The first-order valence-corrected chi connectivity index (χ1v) is 9.86. The van der Waals surface area contributed by atoms with Crippen molar-refractivity contribution in [1.82, 2.24) is 14.9 Å². The monoisotopic (exact) mass is 397 g/mol. The summed E-state index contributed by atoms with van der Waals surface area (Å²) in [6, 6.07) is 15.1. The molecule has 0 aliphatic heterocycles. The number of benzene rings is 2. The molecule has 0 atom stereocenters. The van der Waals surface area contributed by atoms with Gasteiger partial charge >= 0.3 is 0 Å². The maximum atomic E-state index is 11.1. The first-order chi connectivity index (χ1) is 13.4. The summed E-state index contributed by atoms with van der Waals surface area (Å²) >= 11 is 1.45. The van der Waals surface area contributed by atoms with Crippen LogP contribution < -0.4 is 16.3 Å². The van der Waals surface area contributed by atoms with Gasteiger partial charge in [0.15, 0.2) is 5.82 Å². The maximum absolute atomic E-state index is 11.1. The number of nitrogens with zero attached hydrogens (tertiary/aromatic N) is 3. The molecule has 0 radical (unpaired) electrons. The molecule has 7 nitrogen and oxygen atoms in total. The fourth-order valence-corrected chi connectivity index (χ4v) is 3.35. The van der Waals surface area contributed by atoms with Crippen LogP contribution in [0, 0.1) is 0 Å². The number of carbonyl (C=O) groups excluding carboxylic acids is 1. The number of nitrogen functional groups attached to an aromatic ring is 1. The summed E-state index contributed by atoms with van der Waals surface area (Å²) in [5.41, 5.74) is 8.02. The molecular formula is C20H23N5O2S. The summed E-state index contributed by atoms with van der Waals surface area (Å²) in [5, 5.41) is 8.82. The largest absolute Gasteiger partial charge is 0.486 e. The van der Waals surface area contributed by atoms with Crippen LogP contribution in [0.15, 0.2) is 53.7 Å². The van der Waals surface area contributed by atoms with Crippen LogP contribution in [0.3, 0.4) is 0 Å². The van der Waals surface area contributed by atoms with E-state index in [1.165, 1.54) is 22.0 Å². The second-order valence-electron chi connectivity index (χ2n) is 6.63. The van der Waals surface area contributed by atoms with Crippen LogP contribution in [0.5, 0.6) is 5.75 Å². The van der Waals surface area contributed by atoms with Gasteiger partial charge in [-0.25, -0.2) is 4.68 Å². The van der Waals surface area contributed by atoms with E-state index in [-0.39, 0.29) is 6.61 Å². The van der Waals surface area contributed by atoms with E-state index in [9.17, 15) is 4.79 Å². The number of amides is 1. The highest BCUT2D eigenvalue weighted by Gasteiger charge is 2.11. The number of hydrogen-bond donors (Lipinski definition) is 2. The molecular weight excluding hydrogens is 374 g/mol. The lowest BCUT2D eigenvalue weighted by Gasteiger charge is -2.09. The minimum Gasteiger partial charge on any atom is -0.486 e. The van der Waals surface area contributed by atoms with E-state index in [4.69, 9.17) is 16.3 Å². The lowest BCUT2D eigenvalue weighted by atomic mass is 10.0. The molecule has 2 aromatic carbocycles. The Bertz CT molecular complexity index is 936. The minimum atomic E-state index is -0.440. The number of thioether (sulfide) groups is 1. The van der Waals surface area contributed by atoms with Gasteiger partial charge in [-0.05, 0) is 41.3 Å². The Morgan fingerprint density at radius 1 is 1.11 bits per heavy atom. The zero-order chi connectivity index (χ0) is 20.1. The molecule has 0 unspecified atom stereocenters. The van der Waals surface area contributed by atoms with Gasteiger partial charge in [-0.3, -0.25) is 4.79 Å². The van der Waals surface area contributed by atoms with Crippen LogP contribution in [0.1, 0.15) is 47.1 Å². The van der Waals surface area contributed by atoms with E-state index in [1.807, 2.05) is 24.3 Å². The van der Waals surface area contributed by atoms with E-state index in [2.05, 4.69) is 36.2 Å². The SMILES string of the molecule is CC(C)c1ccc(OCc2nnc(SCc3ccc(C(N)=O)cc3)n2N)cc1. The molecule has 0 saturated heterocycles. The van der Waals surface area contributed by atoms with Crippen LogP contribution in [-0.2, 0) is 12.4 Å². The van der Waals surface area contributed by atoms with Crippen LogP contribution in [-0.4, -0.2) is 20.8 Å². The highest BCUT2D eigenvalue weighted by molar-refractivity contribution is 7.98. The molecule has 0 spiro atoms. The molecule has 0 aliphatic rings. The molecule has 146 valence electrons. The Balaban J connectivity index is 1.56. The van der Waals surface area contributed by atoms with Gasteiger partial charge in [0.25, 0.3) is 0 Å². The van der Waals surface area contributed by atoms with E-state index < -0.39 is 5.91 Å². The molecule has 8 heteroatoms. The predicted molar refractivity (Wildman–Crippen MR) is 110 cm³/mol. The lowest BCUT2D eigenvalue weighted by molar-refractivity contribution is 0.100. The number of carbonyl (C=O) groups is 1. The number of rotatable bonds is 8. The van der Waals surface area contributed by atoms with Crippen molar-refractivity contribution in [3.8, 4) is 5.75 Å². The van der Waals surface area contributed by atoms with Gasteiger partial charge in [0.05, 0.1) is 0 Å². The molecule has 1 aromatic heterocycles. The third-order valence-corrected chi connectivity index (χ3v) is 5.27. The van der Waals surface area contributed by atoms with Crippen molar-refractivity contribution in [3.63, 3.8) is 0 Å². The van der Waals surface area contributed by atoms with E-state index in [1.54, 1.807) is 12.1 Å². The van der Waals surface area contributed by atoms with Crippen LogP contribution in [0.2, 0.25) is 0 Å². The Labute approximate surface area is 168 Å². The van der Waals surface area contributed by atoms with Gasteiger partial charge in [-0.2, -0.15) is 0 Å². The zero-order valence-corrected chi connectivity index (χ0v) is 16.6. The maximum Gasteiger partial charge on any atom is 0.248 e. The number of ether oxygens (including phenoxy) is 1. The number of hydrogen-bond acceptors (Lipinski definition) is 6. The van der Waals surface area contributed by atoms with Gasteiger partial charge < -0.3 is 16.3 Å². The number of aromatic nitrogens is 3. The molecule has 28 heavy (non-hydrogen) atoms. The predicted octanol–water partition coefficient (Wildman–Crippen LogP) is 3.09. The molecule has 0 fully saturated rings. The molecule has 3 aromatic rings. The average molecular weight is 398 g/mol. The van der Waals surface area contributed by atoms with Crippen molar-refractivity contribution in [2.24, 2.45) is 5.73 Å². The lowest BCUT2D eigenvalue weighted by Crippen LogP contribution is -2.15. The summed E-state index contributed by atoms with van der Waals surface area (Å²) in [4.78, 5) is 11.1. The molecule has 0 aliphatic carbocycles. The average Bonchev–Trinajstić information content (AvgIpc) is 3.05. The third-order valence-electron chi connectivity index (χ3n) is 4.26. The molecule has 1 amide bonds. The van der Waals surface area contributed by atoms with Gasteiger partial charge in [0.2, 0.25) is 11.1 Å². The fraction of sp³-hybridized carbons (Fsp3) is 0.250. The summed E-state index contributed by atoms with van der Waals surface area (Å²) in [6.07, 6.45) is 0. The zero-order valence-electron chi connectivity index (χ0n) is 15.8. The van der Waals surface area contributed by atoms with Crippen LogP contribution in [0.4, 0.5) is 0 Å². The molecule has 0 saturated carbocycles. The minimum absolute atomic E-state index is 0.235. The number of nitrogens with two attached hydrogens (primary N) is 2. The first-order valence-electron chi connectivity index (χ1n) is 8.87.